The summed E-state index contributed by atoms with van der Waals surface area (Å²) in [6.45, 7) is 7.00. The van der Waals surface area contributed by atoms with Crippen molar-refractivity contribution in [2.24, 2.45) is 5.92 Å². The zero-order chi connectivity index (χ0) is 24.0. The zero-order valence-corrected chi connectivity index (χ0v) is 20.0. The lowest BCUT2D eigenvalue weighted by molar-refractivity contribution is -0.138. The second-order valence-electron chi connectivity index (χ2n) is 9.07. The third-order valence-electron chi connectivity index (χ3n) is 6.83. The van der Waals surface area contributed by atoms with E-state index in [2.05, 4.69) is 4.98 Å². The highest BCUT2D eigenvalue weighted by atomic mass is 16.2. The van der Waals surface area contributed by atoms with Crippen LogP contribution in [0.25, 0.3) is 0 Å². The number of nitrogen functional groups attached to an aromatic ring is 1. The predicted octanol–water partition coefficient (Wildman–Crippen LogP) is 0.996. The molecule has 0 atom stereocenters. The average molecular weight is 463 g/mol. The summed E-state index contributed by atoms with van der Waals surface area (Å²) in [6, 6.07) is 0. The second-order valence-corrected chi connectivity index (χ2v) is 9.07. The molecular formula is C23H38N6O4. The number of anilines is 2. The first-order valence-corrected chi connectivity index (χ1v) is 12.3. The van der Waals surface area contributed by atoms with Gasteiger partial charge in [-0.1, -0.05) is 32.6 Å². The lowest BCUT2D eigenvalue weighted by Crippen LogP contribution is -2.53. The largest absolute Gasteiger partial charge is 0.383 e. The molecule has 0 unspecified atom stereocenters. The molecule has 1 saturated carbocycles. The molecule has 0 spiro atoms. The molecule has 1 saturated heterocycles. The standard InChI is InChI=1S/C23H38N6O4/c1-3-5-11-29-20(24)19(21(31)25-23(29)33)28(4-2)18(30)16-26-12-14-27(15-13-26)22(32)17-9-7-6-8-10-17/h17H,3-16,24H2,1-2H3,(H,25,31,33). The summed E-state index contributed by atoms with van der Waals surface area (Å²) in [4.78, 5) is 58.3. The van der Waals surface area contributed by atoms with Crippen molar-refractivity contribution in [3.8, 4) is 0 Å². The highest BCUT2D eigenvalue weighted by molar-refractivity contribution is 5.96. The number of likely N-dealkylation sites (N-methyl/N-ethyl adjacent to an activating group) is 1. The van der Waals surface area contributed by atoms with Crippen molar-refractivity contribution in [1.29, 1.82) is 0 Å². The van der Waals surface area contributed by atoms with E-state index in [0.717, 1.165) is 38.5 Å². The maximum absolute atomic E-state index is 13.1. The van der Waals surface area contributed by atoms with Gasteiger partial charge in [-0.15, -0.1) is 0 Å². The number of aromatic amines is 1. The van der Waals surface area contributed by atoms with Crippen molar-refractivity contribution in [1.82, 2.24) is 19.4 Å². The summed E-state index contributed by atoms with van der Waals surface area (Å²) >= 11 is 0. The van der Waals surface area contributed by atoms with Crippen molar-refractivity contribution in [2.75, 3.05) is 49.9 Å². The Labute approximate surface area is 194 Å². The van der Waals surface area contributed by atoms with E-state index in [1.165, 1.54) is 15.9 Å². The Bertz CT molecular complexity index is 941. The Morgan fingerprint density at radius 1 is 1.06 bits per heavy atom. The fourth-order valence-corrected chi connectivity index (χ4v) is 4.85. The zero-order valence-electron chi connectivity index (χ0n) is 20.0. The maximum atomic E-state index is 13.1. The number of piperazine rings is 1. The molecule has 1 aromatic heterocycles. The number of nitrogens with one attached hydrogen (secondary N) is 1. The second kappa shape index (κ2) is 11.5. The molecule has 2 aliphatic rings. The summed E-state index contributed by atoms with van der Waals surface area (Å²) < 4.78 is 1.33. The number of H-pyrrole nitrogens is 1. The summed E-state index contributed by atoms with van der Waals surface area (Å²) in [7, 11) is 0. The molecule has 3 N–H and O–H groups in total. The first-order chi connectivity index (χ1) is 15.9. The van der Waals surface area contributed by atoms with Crippen LogP contribution in [-0.4, -0.2) is 70.4 Å². The molecule has 184 valence electrons. The van der Waals surface area contributed by atoms with Crippen LogP contribution in [0.3, 0.4) is 0 Å². The van der Waals surface area contributed by atoms with Crippen LogP contribution in [0.4, 0.5) is 11.5 Å². The van der Waals surface area contributed by atoms with Crippen molar-refractivity contribution in [3.63, 3.8) is 0 Å². The monoisotopic (exact) mass is 462 g/mol. The quantitative estimate of drug-likeness (QED) is 0.594. The van der Waals surface area contributed by atoms with Gasteiger partial charge in [-0.3, -0.25) is 28.8 Å². The lowest BCUT2D eigenvalue weighted by Gasteiger charge is -2.37. The number of hydrogen-bond acceptors (Lipinski definition) is 6. The SMILES string of the molecule is CCCCn1c(N)c(N(CC)C(=O)CN2CCN(C(=O)C3CCCCC3)CC2)c(=O)[nH]c1=O. The minimum absolute atomic E-state index is 0.0234. The smallest absolute Gasteiger partial charge is 0.330 e. The fraction of sp³-hybridized carbons (Fsp3) is 0.739. The van der Waals surface area contributed by atoms with Gasteiger partial charge in [-0.05, 0) is 26.2 Å². The van der Waals surface area contributed by atoms with Gasteiger partial charge in [0, 0.05) is 45.2 Å². The first kappa shape index (κ1) is 25.0. The molecule has 1 aliphatic heterocycles. The van der Waals surface area contributed by atoms with Crippen LogP contribution in [0.5, 0.6) is 0 Å². The van der Waals surface area contributed by atoms with E-state index < -0.39 is 11.2 Å². The number of nitrogens with zero attached hydrogens (tertiary/aromatic N) is 4. The lowest BCUT2D eigenvalue weighted by atomic mass is 9.88. The molecule has 1 aliphatic carbocycles. The van der Waals surface area contributed by atoms with Crippen LogP contribution in [-0.2, 0) is 16.1 Å². The summed E-state index contributed by atoms with van der Waals surface area (Å²) in [5.74, 6) is 0.183. The Morgan fingerprint density at radius 2 is 1.73 bits per heavy atom. The van der Waals surface area contributed by atoms with Crippen molar-refractivity contribution >= 4 is 23.3 Å². The molecule has 0 bridgehead atoms. The molecule has 1 aromatic rings. The van der Waals surface area contributed by atoms with Crippen molar-refractivity contribution in [2.45, 2.75) is 65.3 Å². The first-order valence-electron chi connectivity index (χ1n) is 12.3. The van der Waals surface area contributed by atoms with Gasteiger partial charge in [0.1, 0.15) is 5.82 Å². The number of unbranched alkanes of at least 4 members (excludes halogenated alkanes) is 1. The summed E-state index contributed by atoms with van der Waals surface area (Å²) in [5.41, 5.74) is 5.01. The number of hydrogen-bond donors (Lipinski definition) is 2. The molecule has 10 nitrogen and oxygen atoms in total. The van der Waals surface area contributed by atoms with E-state index in [0.29, 0.717) is 32.7 Å². The highest BCUT2D eigenvalue weighted by Gasteiger charge is 2.30. The number of amides is 2. The van der Waals surface area contributed by atoms with E-state index in [1.807, 2.05) is 16.7 Å². The Morgan fingerprint density at radius 3 is 2.33 bits per heavy atom. The van der Waals surface area contributed by atoms with Gasteiger partial charge < -0.3 is 15.5 Å². The van der Waals surface area contributed by atoms with E-state index in [-0.39, 0.29) is 42.3 Å². The molecule has 2 amide bonds. The van der Waals surface area contributed by atoms with Crippen LogP contribution >= 0.6 is 0 Å². The van der Waals surface area contributed by atoms with Gasteiger partial charge in [0.25, 0.3) is 5.56 Å². The van der Waals surface area contributed by atoms with Crippen LogP contribution < -0.4 is 21.9 Å². The molecule has 2 heterocycles. The topological polar surface area (TPSA) is 125 Å². The minimum Gasteiger partial charge on any atom is -0.383 e. The van der Waals surface area contributed by atoms with Gasteiger partial charge in [0.05, 0.1) is 6.54 Å². The number of carbonyl (C=O) groups is 2. The minimum atomic E-state index is -0.650. The Kier molecular flexibility index (Phi) is 8.71. The molecule has 0 radical (unpaired) electrons. The van der Waals surface area contributed by atoms with Crippen molar-refractivity contribution < 1.29 is 9.59 Å². The molecular weight excluding hydrogens is 424 g/mol. The van der Waals surface area contributed by atoms with E-state index in [1.54, 1.807) is 6.92 Å². The Hall–Kier alpha value is -2.62. The van der Waals surface area contributed by atoms with E-state index in [9.17, 15) is 19.2 Å². The normalized spacial score (nSPS) is 17.8. The molecule has 2 fully saturated rings. The van der Waals surface area contributed by atoms with Gasteiger partial charge >= 0.3 is 5.69 Å². The molecule has 10 heteroatoms. The van der Waals surface area contributed by atoms with Gasteiger partial charge in [0.2, 0.25) is 11.8 Å². The van der Waals surface area contributed by atoms with Crippen LogP contribution in [0.15, 0.2) is 9.59 Å². The third-order valence-corrected chi connectivity index (χ3v) is 6.83. The van der Waals surface area contributed by atoms with E-state index >= 15 is 0 Å². The fourth-order valence-electron chi connectivity index (χ4n) is 4.85. The average Bonchev–Trinajstić information content (AvgIpc) is 2.82. The van der Waals surface area contributed by atoms with Gasteiger partial charge in [0.15, 0.2) is 5.69 Å². The van der Waals surface area contributed by atoms with Crippen LogP contribution in [0.1, 0.15) is 58.8 Å². The predicted molar refractivity (Wildman–Crippen MR) is 128 cm³/mol. The van der Waals surface area contributed by atoms with Crippen molar-refractivity contribution in [3.05, 3.63) is 20.8 Å². The Balaban J connectivity index is 1.64. The highest BCUT2D eigenvalue weighted by Crippen LogP contribution is 2.26. The number of rotatable bonds is 8. The molecule has 3 rings (SSSR count). The van der Waals surface area contributed by atoms with Crippen LogP contribution in [0, 0.1) is 5.92 Å². The summed E-state index contributed by atoms with van der Waals surface area (Å²) in [6.07, 6.45) is 7.05. The molecule has 33 heavy (non-hydrogen) atoms. The summed E-state index contributed by atoms with van der Waals surface area (Å²) in [5, 5.41) is 0. The van der Waals surface area contributed by atoms with Gasteiger partial charge in [-0.25, -0.2) is 4.79 Å². The van der Waals surface area contributed by atoms with Gasteiger partial charge in [-0.2, -0.15) is 0 Å². The maximum Gasteiger partial charge on any atom is 0.330 e. The number of aromatic nitrogens is 2. The van der Waals surface area contributed by atoms with E-state index in [4.69, 9.17) is 5.73 Å². The van der Waals surface area contributed by atoms with Crippen LogP contribution in [0.2, 0.25) is 0 Å². The third kappa shape index (κ3) is 5.85. The number of carbonyl (C=O) groups excluding carboxylic acids is 2. The molecule has 0 aromatic carbocycles. The number of nitrogens with two attached hydrogens (primary N) is 1.